The maximum absolute atomic E-state index is 10.7. The molecule has 116 valence electrons. The van der Waals surface area contributed by atoms with Gasteiger partial charge in [0.25, 0.3) is 0 Å². The summed E-state index contributed by atoms with van der Waals surface area (Å²) in [5.74, 6) is -0.731. The Morgan fingerprint density at radius 1 is 1.14 bits per heavy atom. The van der Waals surface area contributed by atoms with Crippen LogP contribution in [-0.2, 0) is 11.3 Å². The number of hydrogen-bond acceptors (Lipinski definition) is 4. The van der Waals surface area contributed by atoms with E-state index in [9.17, 15) is 4.79 Å². The van der Waals surface area contributed by atoms with Crippen LogP contribution in [0.25, 0.3) is 0 Å². The molecule has 0 radical (unpaired) electrons. The molecule has 2 rings (SSSR count). The fourth-order valence-electron chi connectivity index (χ4n) is 2.65. The molecule has 1 fully saturated rings. The highest BCUT2D eigenvalue weighted by atomic mass is 16.4. The highest BCUT2D eigenvalue weighted by Gasteiger charge is 2.18. The number of carboxylic acid groups (broad SMARTS) is 1. The molecule has 0 spiro atoms. The van der Waals surface area contributed by atoms with Crippen molar-refractivity contribution in [3.8, 4) is 0 Å². The molecule has 0 bridgehead atoms. The Bertz CT molecular complexity index is 430. The van der Waals surface area contributed by atoms with Crippen molar-refractivity contribution in [2.45, 2.75) is 6.54 Å². The van der Waals surface area contributed by atoms with Gasteiger partial charge in [-0.1, -0.05) is 30.3 Å². The van der Waals surface area contributed by atoms with Gasteiger partial charge in [-0.15, -0.1) is 0 Å². The van der Waals surface area contributed by atoms with Crippen LogP contribution in [0.2, 0.25) is 0 Å². The maximum Gasteiger partial charge on any atom is 0.317 e. The van der Waals surface area contributed by atoms with E-state index < -0.39 is 5.97 Å². The van der Waals surface area contributed by atoms with Gasteiger partial charge in [-0.2, -0.15) is 0 Å². The lowest BCUT2D eigenvalue weighted by molar-refractivity contribution is -0.138. The first-order valence-corrected chi connectivity index (χ1v) is 7.52. The minimum atomic E-state index is -0.731. The van der Waals surface area contributed by atoms with Crippen molar-refractivity contribution in [3.05, 3.63) is 35.9 Å². The number of hydrogen-bond donors (Lipinski definition) is 1. The molecule has 0 amide bonds. The standard InChI is InChI=1S/C16H25N3O2/c1-17(13-15-5-3-2-4-6-15)7-8-18-9-11-19(12-10-18)14-16(20)21/h2-6H,7-14H2,1H3,(H,20,21). The van der Waals surface area contributed by atoms with Gasteiger partial charge in [0.1, 0.15) is 0 Å². The average molecular weight is 291 g/mol. The Balaban J connectivity index is 1.64. The van der Waals surface area contributed by atoms with Gasteiger partial charge in [0.15, 0.2) is 0 Å². The van der Waals surface area contributed by atoms with E-state index >= 15 is 0 Å². The first kappa shape index (κ1) is 15.9. The predicted molar refractivity (Wildman–Crippen MR) is 83.3 cm³/mol. The monoisotopic (exact) mass is 291 g/mol. The zero-order valence-corrected chi connectivity index (χ0v) is 12.7. The van der Waals surface area contributed by atoms with Gasteiger partial charge in [-0.3, -0.25) is 14.6 Å². The number of rotatable bonds is 7. The lowest BCUT2D eigenvalue weighted by Gasteiger charge is -2.34. The van der Waals surface area contributed by atoms with Crippen LogP contribution >= 0.6 is 0 Å². The Kier molecular flexibility index (Phi) is 6.17. The summed E-state index contributed by atoms with van der Waals surface area (Å²) in [4.78, 5) is 17.4. The molecule has 1 aliphatic rings. The first-order valence-electron chi connectivity index (χ1n) is 7.52. The summed E-state index contributed by atoms with van der Waals surface area (Å²) >= 11 is 0. The van der Waals surface area contributed by atoms with Gasteiger partial charge < -0.3 is 10.0 Å². The fourth-order valence-corrected chi connectivity index (χ4v) is 2.65. The fraction of sp³-hybridized carbons (Fsp3) is 0.562. The summed E-state index contributed by atoms with van der Waals surface area (Å²) in [5.41, 5.74) is 1.34. The van der Waals surface area contributed by atoms with Gasteiger partial charge in [0, 0.05) is 45.8 Å². The molecule has 1 heterocycles. The highest BCUT2D eigenvalue weighted by Crippen LogP contribution is 2.04. The number of benzene rings is 1. The number of nitrogens with zero attached hydrogens (tertiary/aromatic N) is 3. The van der Waals surface area contributed by atoms with E-state index in [1.807, 2.05) is 11.0 Å². The van der Waals surface area contributed by atoms with Crippen LogP contribution in [0, 0.1) is 0 Å². The Hall–Kier alpha value is -1.43. The summed E-state index contributed by atoms with van der Waals surface area (Å²) < 4.78 is 0. The van der Waals surface area contributed by atoms with Gasteiger partial charge in [-0.05, 0) is 12.6 Å². The molecule has 21 heavy (non-hydrogen) atoms. The number of piperazine rings is 1. The van der Waals surface area contributed by atoms with Gasteiger partial charge in [-0.25, -0.2) is 0 Å². The van der Waals surface area contributed by atoms with E-state index in [4.69, 9.17) is 5.11 Å². The highest BCUT2D eigenvalue weighted by molar-refractivity contribution is 5.69. The third kappa shape index (κ3) is 5.83. The van der Waals surface area contributed by atoms with Gasteiger partial charge >= 0.3 is 5.97 Å². The average Bonchev–Trinajstić information content (AvgIpc) is 2.47. The molecular formula is C16H25N3O2. The molecule has 0 atom stereocenters. The van der Waals surface area contributed by atoms with Crippen molar-refractivity contribution in [2.24, 2.45) is 0 Å². The van der Waals surface area contributed by atoms with Crippen molar-refractivity contribution in [1.82, 2.24) is 14.7 Å². The van der Waals surface area contributed by atoms with Crippen LogP contribution < -0.4 is 0 Å². The second kappa shape index (κ2) is 8.12. The van der Waals surface area contributed by atoms with E-state index in [2.05, 4.69) is 41.1 Å². The summed E-state index contributed by atoms with van der Waals surface area (Å²) in [7, 11) is 2.15. The predicted octanol–water partition coefficient (Wildman–Crippen LogP) is 0.821. The van der Waals surface area contributed by atoms with Crippen molar-refractivity contribution in [3.63, 3.8) is 0 Å². The molecule has 1 aliphatic heterocycles. The summed E-state index contributed by atoms with van der Waals surface area (Å²) in [5, 5.41) is 8.79. The SMILES string of the molecule is CN(CCN1CCN(CC(=O)O)CC1)Cc1ccccc1. The van der Waals surface area contributed by atoms with E-state index in [0.717, 1.165) is 45.8 Å². The minimum Gasteiger partial charge on any atom is -0.480 e. The van der Waals surface area contributed by atoms with Crippen LogP contribution in [0.4, 0.5) is 0 Å². The molecule has 1 saturated heterocycles. The molecule has 0 aliphatic carbocycles. The zero-order chi connectivity index (χ0) is 15.1. The Morgan fingerprint density at radius 2 is 1.76 bits per heavy atom. The van der Waals surface area contributed by atoms with Gasteiger partial charge in [0.05, 0.1) is 6.54 Å². The number of carboxylic acids is 1. The second-order valence-corrected chi connectivity index (χ2v) is 5.73. The third-order valence-electron chi connectivity index (χ3n) is 3.92. The number of likely N-dealkylation sites (N-methyl/N-ethyl adjacent to an activating group) is 1. The minimum absolute atomic E-state index is 0.168. The lowest BCUT2D eigenvalue weighted by Crippen LogP contribution is -2.49. The van der Waals surface area contributed by atoms with E-state index in [0.29, 0.717) is 0 Å². The smallest absolute Gasteiger partial charge is 0.317 e. The van der Waals surface area contributed by atoms with Crippen LogP contribution in [-0.4, -0.2) is 78.6 Å². The largest absolute Gasteiger partial charge is 0.480 e. The Morgan fingerprint density at radius 3 is 2.38 bits per heavy atom. The first-order chi connectivity index (χ1) is 10.1. The number of carbonyl (C=O) groups is 1. The zero-order valence-electron chi connectivity index (χ0n) is 12.7. The lowest BCUT2D eigenvalue weighted by atomic mass is 10.2. The van der Waals surface area contributed by atoms with Crippen LogP contribution in [0.1, 0.15) is 5.56 Å². The van der Waals surface area contributed by atoms with Gasteiger partial charge in [0.2, 0.25) is 0 Å². The normalized spacial score (nSPS) is 17.2. The third-order valence-corrected chi connectivity index (χ3v) is 3.92. The van der Waals surface area contributed by atoms with Crippen molar-refractivity contribution < 1.29 is 9.90 Å². The van der Waals surface area contributed by atoms with Crippen molar-refractivity contribution >= 4 is 5.97 Å². The molecular weight excluding hydrogens is 266 g/mol. The summed E-state index contributed by atoms with van der Waals surface area (Å²) in [6.07, 6.45) is 0. The molecule has 0 aromatic heterocycles. The van der Waals surface area contributed by atoms with E-state index in [1.165, 1.54) is 5.56 Å². The maximum atomic E-state index is 10.7. The van der Waals surface area contributed by atoms with Crippen LogP contribution in [0.15, 0.2) is 30.3 Å². The molecule has 5 nitrogen and oxygen atoms in total. The summed E-state index contributed by atoms with van der Waals surface area (Å²) in [6.45, 7) is 6.86. The van der Waals surface area contributed by atoms with E-state index in [-0.39, 0.29) is 6.54 Å². The van der Waals surface area contributed by atoms with Crippen molar-refractivity contribution in [2.75, 3.05) is 52.9 Å². The Labute approximate surface area is 126 Å². The molecule has 0 unspecified atom stereocenters. The van der Waals surface area contributed by atoms with Crippen molar-refractivity contribution in [1.29, 1.82) is 0 Å². The summed E-state index contributed by atoms with van der Waals surface area (Å²) in [6, 6.07) is 10.5. The van der Waals surface area contributed by atoms with Crippen LogP contribution in [0.3, 0.4) is 0 Å². The topological polar surface area (TPSA) is 47.0 Å². The molecule has 1 aromatic carbocycles. The quantitative estimate of drug-likeness (QED) is 0.806. The second-order valence-electron chi connectivity index (χ2n) is 5.73. The molecule has 1 N–H and O–H groups in total. The molecule has 1 aromatic rings. The molecule has 0 saturated carbocycles. The molecule has 5 heteroatoms. The number of aliphatic carboxylic acids is 1. The van der Waals surface area contributed by atoms with E-state index in [1.54, 1.807) is 0 Å². The van der Waals surface area contributed by atoms with Crippen LogP contribution in [0.5, 0.6) is 0 Å².